The third kappa shape index (κ3) is 3.23. The monoisotopic (exact) mass is 450 g/mol. The fourth-order valence-electron chi connectivity index (χ4n) is 9.14. The number of Topliss-reactive ketones (excluding diaryl/α,β-unsaturated/α-hetero) is 1. The highest BCUT2D eigenvalue weighted by Crippen LogP contribution is 2.68. The van der Waals surface area contributed by atoms with Gasteiger partial charge >= 0.3 is 0 Å². The van der Waals surface area contributed by atoms with Crippen LogP contribution in [0.3, 0.4) is 0 Å². The van der Waals surface area contributed by atoms with Gasteiger partial charge in [0.15, 0.2) is 11.4 Å². The molecule has 4 aliphatic carbocycles. The van der Waals surface area contributed by atoms with Crippen LogP contribution in [0, 0.1) is 40.4 Å². The molecular formula is C27H38N4O2. The van der Waals surface area contributed by atoms with Crippen LogP contribution in [0.5, 0.6) is 0 Å². The van der Waals surface area contributed by atoms with Gasteiger partial charge in [0, 0.05) is 18.3 Å². The topological polar surface area (TPSA) is 80.9 Å². The summed E-state index contributed by atoms with van der Waals surface area (Å²) < 4.78 is 1.74. The predicted octanol–water partition coefficient (Wildman–Crippen LogP) is 4.81. The van der Waals surface area contributed by atoms with Gasteiger partial charge < -0.3 is 5.11 Å². The molecule has 178 valence electrons. The fourth-order valence-corrected chi connectivity index (χ4v) is 9.14. The van der Waals surface area contributed by atoms with E-state index in [0.29, 0.717) is 35.2 Å². The lowest BCUT2D eigenvalue weighted by molar-refractivity contribution is -0.151. The summed E-state index contributed by atoms with van der Waals surface area (Å²) in [5.74, 6) is 3.24. The van der Waals surface area contributed by atoms with E-state index in [2.05, 4.69) is 28.9 Å². The molecule has 0 aromatic carbocycles. The van der Waals surface area contributed by atoms with E-state index in [0.717, 1.165) is 49.5 Å². The Morgan fingerprint density at radius 3 is 2.64 bits per heavy atom. The van der Waals surface area contributed by atoms with Crippen molar-refractivity contribution in [2.45, 2.75) is 90.7 Å². The number of hydrogen-bond acceptors (Lipinski definition) is 5. The highest BCUT2D eigenvalue weighted by molar-refractivity contribution is 5.83. The van der Waals surface area contributed by atoms with Crippen LogP contribution in [0.2, 0.25) is 0 Å². The smallest absolute Gasteiger partial charge is 0.177 e. The first kappa shape index (κ1) is 21.7. The van der Waals surface area contributed by atoms with Gasteiger partial charge in [0.25, 0.3) is 0 Å². The highest BCUT2D eigenvalue weighted by Gasteiger charge is 2.61. The van der Waals surface area contributed by atoms with Gasteiger partial charge in [-0.2, -0.15) is 5.10 Å². The van der Waals surface area contributed by atoms with Crippen LogP contribution in [-0.2, 0) is 11.3 Å². The number of carbonyl (C=O) groups excluding carboxylic acids is 1. The van der Waals surface area contributed by atoms with Crippen LogP contribution in [0.1, 0.15) is 78.6 Å². The van der Waals surface area contributed by atoms with Crippen LogP contribution in [0.4, 0.5) is 0 Å². The lowest BCUT2D eigenvalue weighted by Crippen LogP contribution is -2.55. The Bertz CT molecular complexity index is 1080. The molecule has 2 aromatic heterocycles. The molecule has 0 radical (unpaired) electrons. The van der Waals surface area contributed by atoms with E-state index in [1.165, 1.54) is 25.7 Å². The van der Waals surface area contributed by atoms with Crippen molar-refractivity contribution in [3.05, 3.63) is 18.6 Å². The quantitative estimate of drug-likeness (QED) is 0.726. The van der Waals surface area contributed by atoms with Crippen molar-refractivity contribution in [1.29, 1.82) is 0 Å². The minimum atomic E-state index is -0.480. The Hall–Kier alpha value is -1.82. The Kier molecular flexibility index (Phi) is 4.82. The van der Waals surface area contributed by atoms with E-state index in [9.17, 15) is 9.90 Å². The number of aliphatic hydroxyl groups is 1. The molecule has 0 spiro atoms. The summed E-state index contributed by atoms with van der Waals surface area (Å²) in [6.07, 6.45) is 15.2. The molecule has 0 saturated heterocycles. The Balaban J connectivity index is 1.22. The number of rotatable bonds is 3. The number of ketones is 1. The molecule has 0 bridgehead atoms. The van der Waals surface area contributed by atoms with Crippen molar-refractivity contribution < 1.29 is 9.90 Å². The zero-order chi connectivity index (χ0) is 23.0. The van der Waals surface area contributed by atoms with E-state index in [-0.39, 0.29) is 11.3 Å². The first-order chi connectivity index (χ1) is 15.7. The third-order valence-corrected chi connectivity index (χ3v) is 10.9. The van der Waals surface area contributed by atoms with Crippen LogP contribution in [0.15, 0.2) is 18.6 Å². The highest BCUT2D eigenvalue weighted by atomic mass is 16.3. The molecular weight excluding hydrogens is 412 g/mol. The molecule has 0 amide bonds. The third-order valence-electron chi connectivity index (χ3n) is 10.9. The molecule has 2 heterocycles. The van der Waals surface area contributed by atoms with E-state index in [1.54, 1.807) is 23.3 Å². The molecule has 2 aromatic rings. The summed E-state index contributed by atoms with van der Waals surface area (Å²) in [6, 6.07) is 0. The zero-order valence-electron chi connectivity index (χ0n) is 20.3. The second-order valence-corrected chi connectivity index (χ2v) is 12.6. The largest absolute Gasteiger partial charge is 0.390 e. The predicted molar refractivity (Wildman–Crippen MR) is 126 cm³/mol. The molecule has 33 heavy (non-hydrogen) atoms. The van der Waals surface area contributed by atoms with E-state index < -0.39 is 5.60 Å². The molecule has 4 saturated carbocycles. The summed E-state index contributed by atoms with van der Waals surface area (Å²) >= 11 is 0. The first-order valence-corrected chi connectivity index (χ1v) is 13.1. The summed E-state index contributed by atoms with van der Waals surface area (Å²) in [5, 5.41) is 15.1. The Morgan fingerprint density at radius 2 is 1.79 bits per heavy atom. The van der Waals surface area contributed by atoms with Crippen LogP contribution >= 0.6 is 0 Å². The summed E-state index contributed by atoms with van der Waals surface area (Å²) in [4.78, 5) is 22.3. The summed E-state index contributed by atoms with van der Waals surface area (Å²) in [5.41, 5.74) is 1.44. The molecule has 6 heteroatoms. The molecule has 1 N–H and O–H groups in total. The Morgan fingerprint density at radius 1 is 1.00 bits per heavy atom. The minimum absolute atomic E-state index is 0.107. The summed E-state index contributed by atoms with van der Waals surface area (Å²) in [7, 11) is 0. The molecule has 8 atom stereocenters. The molecule has 6 rings (SSSR count). The van der Waals surface area contributed by atoms with Crippen molar-refractivity contribution in [1.82, 2.24) is 19.7 Å². The van der Waals surface area contributed by atoms with Gasteiger partial charge in [-0.3, -0.25) is 4.79 Å². The van der Waals surface area contributed by atoms with Crippen molar-refractivity contribution in [2.24, 2.45) is 40.4 Å². The van der Waals surface area contributed by atoms with Crippen molar-refractivity contribution in [3.8, 4) is 0 Å². The average molecular weight is 451 g/mol. The van der Waals surface area contributed by atoms with Gasteiger partial charge in [-0.15, -0.1) is 0 Å². The lowest BCUT2D eigenvalue weighted by atomic mass is 9.44. The maximum atomic E-state index is 13.6. The molecule has 6 nitrogen and oxygen atoms in total. The average Bonchev–Trinajstić information content (AvgIpc) is 3.35. The number of carbonyl (C=O) groups is 1. The van der Waals surface area contributed by atoms with Gasteiger partial charge in [0.2, 0.25) is 0 Å². The van der Waals surface area contributed by atoms with Gasteiger partial charge in [-0.1, -0.05) is 13.8 Å². The van der Waals surface area contributed by atoms with Crippen LogP contribution < -0.4 is 0 Å². The number of fused-ring (bicyclic) bond motifs is 6. The van der Waals surface area contributed by atoms with Crippen molar-refractivity contribution in [3.63, 3.8) is 0 Å². The van der Waals surface area contributed by atoms with Crippen LogP contribution in [0.25, 0.3) is 11.2 Å². The summed E-state index contributed by atoms with van der Waals surface area (Å²) in [6.45, 7) is 7.30. The van der Waals surface area contributed by atoms with Crippen molar-refractivity contribution >= 4 is 16.9 Å². The van der Waals surface area contributed by atoms with E-state index in [1.807, 2.05) is 6.92 Å². The molecule has 0 unspecified atom stereocenters. The maximum Gasteiger partial charge on any atom is 0.177 e. The molecule has 0 aliphatic heterocycles. The SMILES string of the molecule is C[C@@]1(O)CC[C@@]2(C)[C@@H](CC[C@@H]3[C@@H]2CC[C@]2(C)[C@@H](C(=O)Cn4ncc5nccnc54)CC[C@@H]32)C1. The number of nitrogens with zero attached hydrogens (tertiary/aromatic N) is 4. The van der Waals surface area contributed by atoms with Gasteiger partial charge in [0.1, 0.15) is 12.1 Å². The first-order valence-electron chi connectivity index (χ1n) is 13.1. The standard InChI is InChI=1S/C27H38N4O2/c1-25(33)10-11-26(2)17(14-25)4-5-18-19-6-7-21(27(19,3)9-8-20(18)26)23(32)16-31-24-22(15-30-31)28-12-13-29-24/h12-13,15,17-21,33H,4-11,14,16H2,1-3H3/t17-,18-,19-,20-,21+,25+,26-,27-/m0/s1. The number of hydrogen-bond donors (Lipinski definition) is 1. The molecule has 4 aliphatic rings. The fraction of sp³-hybridized carbons (Fsp3) is 0.778. The van der Waals surface area contributed by atoms with E-state index in [4.69, 9.17) is 0 Å². The van der Waals surface area contributed by atoms with Crippen molar-refractivity contribution in [2.75, 3.05) is 0 Å². The maximum absolute atomic E-state index is 13.6. The normalized spacial score (nSPS) is 44.8. The van der Waals surface area contributed by atoms with Crippen LogP contribution in [-0.4, -0.2) is 36.2 Å². The molecule has 4 fully saturated rings. The van der Waals surface area contributed by atoms with Gasteiger partial charge in [-0.25, -0.2) is 14.6 Å². The van der Waals surface area contributed by atoms with E-state index >= 15 is 0 Å². The van der Waals surface area contributed by atoms with Gasteiger partial charge in [0.05, 0.1) is 11.8 Å². The lowest BCUT2D eigenvalue weighted by Gasteiger charge is -2.61. The Labute approximate surface area is 196 Å². The van der Waals surface area contributed by atoms with Gasteiger partial charge in [-0.05, 0) is 99.2 Å². The minimum Gasteiger partial charge on any atom is -0.390 e. The zero-order valence-corrected chi connectivity index (χ0v) is 20.3. The second-order valence-electron chi connectivity index (χ2n) is 12.6. The number of aromatic nitrogens is 4. The second kappa shape index (κ2) is 7.34.